The van der Waals surface area contributed by atoms with Gasteiger partial charge in [0.2, 0.25) is 0 Å². The Bertz CT molecular complexity index is 432. The fourth-order valence-corrected chi connectivity index (χ4v) is 1.94. The van der Waals surface area contributed by atoms with Crippen LogP contribution in [0.1, 0.15) is 41.4 Å². The lowest BCUT2D eigenvalue weighted by Crippen LogP contribution is -2.23. The maximum atomic E-state index is 11.3. The van der Waals surface area contributed by atoms with Gasteiger partial charge >= 0.3 is 5.97 Å². The normalized spacial score (nSPS) is 12.2. The maximum Gasteiger partial charge on any atom is 0.339 e. The molecule has 0 aliphatic rings. The van der Waals surface area contributed by atoms with Gasteiger partial charge in [0, 0.05) is 18.3 Å². The van der Waals surface area contributed by atoms with E-state index in [0.717, 1.165) is 12.1 Å². The second-order valence-electron chi connectivity index (χ2n) is 4.37. The number of aryl methyl sites for hydroxylation is 2. The lowest BCUT2D eigenvalue weighted by molar-refractivity contribution is 0.0696. The van der Waals surface area contributed by atoms with Gasteiger partial charge in [0.1, 0.15) is 11.4 Å². The Kier molecular flexibility index (Phi) is 5.09. The number of aliphatic hydroxyl groups is 1. The van der Waals surface area contributed by atoms with Crippen molar-refractivity contribution in [1.29, 1.82) is 0 Å². The first-order chi connectivity index (χ1) is 8.49. The van der Waals surface area contributed by atoms with E-state index < -0.39 is 5.97 Å². The second-order valence-corrected chi connectivity index (χ2v) is 4.37. The Labute approximate surface area is 107 Å². The molecular formula is C13H20N2O3. The van der Waals surface area contributed by atoms with Crippen molar-refractivity contribution in [1.82, 2.24) is 4.98 Å². The summed E-state index contributed by atoms with van der Waals surface area (Å²) in [6.07, 6.45) is 1.37. The molecule has 1 rings (SSSR count). The van der Waals surface area contributed by atoms with Gasteiger partial charge in [0.05, 0.1) is 0 Å². The summed E-state index contributed by atoms with van der Waals surface area (Å²) in [5, 5.41) is 21.3. The predicted molar refractivity (Wildman–Crippen MR) is 70.1 cm³/mol. The van der Waals surface area contributed by atoms with Crippen LogP contribution >= 0.6 is 0 Å². The highest BCUT2D eigenvalue weighted by atomic mass is 16.4. The quantitative estimate of drug-likeness (QED) is 0.721. The first-order valence-electron chi connectivity index (χ1n) is 6.08. The summed E-state index contributed by atoms with van der Waals surface area (Å²) < 4.78 is 0. The molecule has 0 aromatic carbocycles. The topological polar surface area (TPSA) is 82.5 Å². The lowest BCUT2D eigenvalue weighted by Gasteiger charge is -2.19. The Hall–Kier alpha value is -1.62. The monoisotopic (exact) mass is 252 g/mol. The van der Waals surface area contributed by atoms with Crippen LogP contribution in [0.3, 0.4) is 0 Å². The van der Waals surface area contributed by atoms with Crippen LogP contribution in [0.2, 0.25) is 0 Å². The minimum absolute atomic E-state index is 0.0294. The number of carboxylic acid groups (broad SMARTS) is 1. The number of aromatic nitrogens is 1. The van der Waals surface area contributed by atoms with Crippen LogP contribution in [0.5, 0.6) is 0 Å². The summed E-state index contributed by atoms with van der Waals surface area (Å²) in [6, 6.07) is 1.78. The smallest absolute Gasteiger partial charge is 0.339 e. The van der Waals surface area contributed by atoms with Crippen molar-refractivity contribution in [2.75, 3.05) is 11.9 Å². The van der Waals surface area contributed by atoms with Crippen LogP contribution in [-0.4, -0.2) is 33.8 Å². The van der Waals surface area contributed by atoms with Gasteiger partial charge in [0.15, 0.2) is 0 Å². The minimum Gasteiger partial charge on any atom is -0.478 e. The molecular weight excluding hydrogens is 232 g/mol. The minimum atomic E-state index is -0.985. The summed E-state index contributed by atoms with van der Waals surface area (Å²) in [7, 11) is 0. The molecule has 5 heteroatoms. The van der Waals surface area contributed by atoms with Gasteiger partial charge in [0.25, 0.3) is 0 Å². The van der Waals surface area contributed by atoms with E-state index in [4.69, 9.17) is 5.11 Å². The lowest BCUT2D eigenvalue weighted by atomic mass is 10.1. The number of aliphatic hydroxyl groups excluding tert-OH is 1. The highest BCUT2D eigenvalue weighted by Gasteiger charge is 2.17. The van der Waals surface area contributed by atoms with E-state index in [1.165, 1.54) is 0 Å². The fourth-order valence-electron chi connectivity index (χ4n) is 1.94. The first-order valence-corrected chi connectivity index (χ1v) is 6.08. The highest BCUT2D eigenvalue weighted by molar-refractivity contribution is 5.94. The highest BCUT2D eigenvalue weighted by Crippen LogP contribution is 2.20. The molecule has 0 spiro atoms. The summed E-state index contributed by atoms with van der Waals surface area (Å²) in [4.78, 5) is 15.5. The second kappa shape index (κ2) is 6.35. The molecule has 0 bridgehead atoms. The zero-order chi connectivity index (χ0) is 13.7. The van der Waals surface area contributed by atoms with Gasteiger partial charge in [-0.15, -0.1) is 0 Å². The van der Waals surface area contributed by atoms with E-state index in [-0.39, 0.29) is 18.2 Å². The first kappa shape index (κ1) is 14.4. The third-order valence-electron chi connectivity index (χ3n) is 2.87. The molecule has 0 saturated heterocycles. The van der Waals surface area contributed by atoms with Crippen LogP contribution in [-0.2, 0) is 0 Å². The van der Waals surface area contributed by atoms with Crippen molar-refractivity contribution in [3.63, 3.8) is 0 Å². The van der Waals surface area contributed by atoms with Gasteiger partial charge in [-0.1, -0.05) is 6.92 Å². The summed E-state index contributed by atoms with van der Waals surface area (Å²) in [5.41, 5.74) is 1.67. The number of rotatable bonds is 6. The number of anilines is 1. The molecule has 3 N–H and O–H groups in total. The molecule has 1 aromatic heterocycles. The fraction of sp³-hybridized carbons (Fsp3) is 0.538. The van der Waals surface area contributed by atoms with E-state index in [0.29, 0.717) is 17.8 Å². The van der Waals surface area contributed by atoms with Crippen molar-refractivity contribution in [3.8, 4) is 0 Å². The average Bonchev–Trinajstić information content (AvgIpc) is 2.26. The Morgan fingerprint density at radius 1 is 1.50 bits per heavy atom. The largest absolute Gasteiger partial charge is 0.478 e. The number of carbonyl (C=O) groups is 1. The number of nitrogens with zero attached hydrogens (tertiary/aromatic N) is 1. The summed E-state index contributed by atoms with van der Waals surface area (Å²) in [6.45, 7) is 5.64. The van der Waals surface area contributed by atoms with E-state index in [1.807, 2.05) is 13.8 Å². The van der Waals surface area contributed by atoms with Gasteiger partial charge in [-0.25, -0.2) is 9.78 Å². The van der Waals surface area contributed by atoms with Crippen molar-refractivity contribution in [3.05, 3.63) is 22.9 Å². The van der Waals surface area contributed by atoms with Gasteiger partial charge in [-0.05, 0) is 38.3 Å². The summed E-state index contributed by atoms with van der Waals surface area (Å²) in [5.74, 6) is -0.596. The number of hydrogen-bond donors (Lipinski definition) is 3. The molecule has 0 aliphatic carbocycles. The molecule has 18 heavy (non-hydrogen) atoms. The van der Waals surface area contributed by atoms with E-state index in [9.17, 15) is 9.90 Å². The molecule has 1 aromatic rings. The zero-order valence-electron chi connectivity index (χ0n) is 11.0. The Morgan fingerprint density at radius 3 is 2.67 bits per heavy atom. The number of pyridine rings is 1. The number of carboxylic acids is 1. The number of nitrogens with one attached hydrogen (secondary N) is 1. The SMILES string of the molecule is CCC(CCO)Nc1nc(C)cc(C)c1C(=O)O. The molecule has 1 atom stereocenters. The standard InChI is InChI=1S/C13H20N2O3/c1-4-10(5-6-16)15-12-11(13(17)18)8(2)7-9(3)14-12/h7,10,16H,4-6H2,1-3H3,(H,14,15)(H,17,18). The molecule has 1 heterocycles. The van der Waals surface area contributed by atoms with Crippen LogP contribution < -0.4 is 5.32 Å². The van der Waals surface area contributed by atoms with Crippen molar-refractivity contribution >= 4 is 11.8 Å². The molecule has 0 saturated carbocycles. The van der Waals surface area contributed by atoms with Crippen molar-refractivity contribution in [2.24, 2.45) is 0 Å². The zero-order valence-corrected chi connectivity index (χ0v) is 11.0. The third-order valence-corrected chi connectivity index (χ3v) is 2.87. The molecule has 1 unspecified atom stereocenters. The van der Waals surface area contributed by atoms with Gasteiger partial charge < -0.3 is 15.5 Å². The van der Waals surface area contributed by atoms with E-state index in [2.05, 4.69) is 10.3 Å². The molecule has 0 fully saturated rings. The molecule has 0 radical (unpaired) electrons. The van der Waals surface area contributed by atoms with Gasteiger partial charge in [-0.2, -0.15) is 0 Å². The van der Waals surface area contributed by atoms with Gasteiger partial charge in [-0.3, -0.25) is 0 Å². The molecule has 5 nitrogen and oxygen atoms in total. The predicted octanol–water partition coefficient (Wildman–Crippen LogP) is 1.97. The Balaban J connectivity index is 3.09. The van der Waals surface area contributed by atoms with Crippen molar-refractivity contribution < 1.29 is 15.0 Å². The van der Waals surface area contributed by atoms with E-state index in [1.54, 1.807) is 13.0 Å². The molecule has 0 amide bonds. The van der Waals surface area contributed by atoms with Crippen LogP contribution in [0.4, 0.5) is 5.82 Å². The van der Waals surface area contributed by atoms with Crippen molar-refractivity contribution in [2.45, 2.75) is 39.7 Å². The van der Waals surface area contributed by atoms with E-state index >= 15 is 0 Å². The Morgan fingerprint density at radius 2 is 2.17 bits per heavy atom. The van der Waals surface area contributed by atoms with Crippen LogP contribution in [0, 0.1) is 13.8 Å². The van der Waals surface area contributed by atoms with Crippen LogP contribution in [0.25, 0.3) is 0 Å². The summed E-state index contributed by atoms with van der Waals surface area (Å²) >= 11 is 0. The molecule has 0 aliphatic heterocycles. The number of hydrogen-bond acceptors (Lipinski definition) is 4. The van der Waals surface area contributed by atoms with Crippen LogP contribution in [0.15, 0.2) is 6.07 Å². The molecule has 100 valence electrons. The average molecular weight is 252 g/mol. The third kappa shape index (κ3) is 3.43. The number of aromatic carboxylic acids is 1. The maximum absolute atomic E-state index is 11.3.